The lowest BCUT2D eigenvalue weighted by molar-refractivity contribution is -0.119. The van der Waals surface area contributed by atoms with Gasteiger partial charge in [0.05, 0.1) is 35.8 Å². The molecule has 0 fully saturated rings. The predicted octanol–water partition coefficient (Wildman–Crippen LogP) is 3.22. The summed E-state index contributed by atoms with van der Waals surface area (Å²) in [6.07, 6.45) is 0.777. The molecule has 0 saturated heterocycles. The van der Waals surface area contributed by atoms with E-state index in [0.29, 0.717) is 5.69 Å². The molecule has 188 valence electrons. The van der Waals surface area contributed by atoms with Gasteiger partial charge in [0.15, 0.2) is 0 Å². The Balaban J connectivity index is 1.67. The Morgan fingerprint density at radius 2 is 1.89 bits per heavy atom. The van der Waals surface area contributed by atoms with E-state index in [0.717, 1.165) is 11.1 Å². The first-order valence-corrected chi connectivity index (χ1v) is 13.0. The van der Waals surface area contributed by atoms with Crippen molar-refractivity contribution in [2.45, 2.75) is 37.7 Å². The van der Waals surface area contributed by atoms with Crippen LogP contribution in [0, 0.1) is 6.92 Å². The standard InChI is InChI=1S/C26H28N4O5S/c1-17-8-7-11-23(12-17)36(33,34)30-16-22(15-27-19(3)31)35-26-24(30)13-21(14-28-26)29-25(32)18(2)20-9-5-4-6-10-20/h4-14,18,22H,15-16H2,1-3H3,(H,27,31)(H,29,32)/t18-,22-/m0/s1. The molecule has 10 heteroatoms. The smallest absolute Gasteiger partial charge is 0.264 e. The van der Waals surface area contributed by atoms with Crippen LogP contribution >= 0.6 is 0 Å². The molecule has 0 saturated carbocycles. The van der Waals surface area contributed by atoms with E-state index in [1.807, 2.05) is 43.3 Å². The Kier molecular flexibility index (Phi) is 7.25. The molecule has 2 N–H and O–H groups in total. The van der Waals surface area contributed by atoms with E-state index in [4.69, 9.17) is 4.74 Å². The number of rotatable bonds is 7. The lowest BCUT2D eigenvalue weighted by Crippen LogP contribution is -2.48. The van der Waals surface area contributed by atoms with Gasteiger partial charge in [-0.2, -0.15) is 0 Å². The number of nitrogens with zero attached hydrogens (tertiary/aromatic N) is 2. The first-order valence-electron chi connectivity index (χ1n) is 11.5. The van der Waals surface area contributed by atoms with Gasteiger partial charge in [-0.25, -0.2) is 13.4 Å². The van der Waals surface area contributed by atoms with Gasteiger partial charge in [-0.1, -0.05) is 42.5 Å². The lowest BCUT2D eigenvalue weighted by atomic mass is 10.0. The van der Waals surface area contributed by atoms with E-state index in [2.05, 4.69) is 15.6 Å². The second kappa shape index (κ2) is 10.4. The van der Waals surface area contributed by atoms with Crippen molar-refractivity contribution >= 4 is 33.2 Å². The van der Waals surface area contributed by atoms with Crippen LogP contribution in [0.1, 0.15) is 30.9 Å². The minimum absolute atomic E-state index is 0.0386. The summed E-state index contributed by atoms with van der Waals surface area (Å²) in [5.41, 5.74) is 2.21. The second-order valence-electron chi connectivity index (χ2n) is 8.70. The van der Waals surface area contributed by atoms with Gasteiger partial charge in [0.1, 0.15) is 11.8 Å². The highest BCUT2D eigenvalue weighted by Gasteiger charge is 2.36. The van der Waals surface area contributed by atoms with E-state index < -0.39 is 22.0 Å². The largest absolute Gasteiger partial charge is 0.469 e. The molecule has 2 atom stereocenters. The molecule has 2 aromatic carbocycles. The van der Waals surface area contributed by atoms with Crippen molar-refractivity contribution in [3.8, 4) is 5.88 Å². The monoisotopic (exact) mass is 508 g/mol. The third-order valence-corrected chi connectivity index (χ3v) is 7.64. The van der Waals surface area contributed by atoms with Gasteiger partial charge in [0.25, 0.3) is 10.0 Å². The fraction of sp³-hybridized carbons (Fsp3) is 0.269. The zero-order valence-corrected chi connectivity index (χ0v) is 21.1. The molecule has 2 amide bonds. The summed E-state index contributed by atoms with van der Waals surface area (Å²) in [7, 11) is -3.99. The number of fused-ring (bicyclic) bond motifs is 1. The number of hydrogen-bond acceptors (Lipinski definition) is 6. The number of carbonyl (C=O) groups is 2. The van der Waals surface area contributed by atoms with Crippen molar-refractivity contribution in [3.63, 3.8) is 0 Å². The van der Waals surface area contributed by atoms with Crippen molar-refractivity contribution in [1.29, 1.82) is 0 Å². The van der Waals surface area contributed by atoms with E-state index in [1.54, 1.807) is 25.1 Å². The third-order valence-electron chi connectivity index (χ3n) is 5.87. The molecule has 3 aromatic rings. The van der Waals surface area contributed by atoms with Gasteiger partial charge in [-0.15, -0.1) is 0 Å². The fourth-order valence-electron chi connectivity index (χ4n) is 3.89. The lowest BCUT2D eigenvalue weighted by Gasteiger charge is -2.35. The number of amides is 2. The molecule has 0 unspecified atom stereocenters. The van der Waals surface area contributed by atoms with Crippen LogP contribution in [-0.4, -0.2) is 44.4 Å². The first-order chi connectivity index (χ1) is 17.1. The van der Waals surface area contributed by atoms with E-state index in [1.165, 1.54) is 23.5 Å². The molecule has 4 rings (SSSR count). The summed E-state index contributed by atoms with van der Waals surface area (Å²) in [5, 5.41) is 5.49. The summed E-state index contributed by atoms with van der Waals surface area (Å²) in [6, 6.07) is 17.5. The Hall–Kier alpha value is -3.92. The van der Waals surface area contributed by atoms with Gasteiger partial charge in [-0.05, 0) is 43.2 Å². The van der Waals surface area contributed by atoms with Crippen LogP contribution in [-0.2, 0) is 19.6 Å². The summed E-state index contributed by atoms with van der Waals surface area (Å²) >= 11 is 0. The van der Waals surface area contributed by atoms with Gasteiger partial charge in [0.2, 0.25) is 17.7 Å². The number of aromatic nitrogens is 1. The van der Waals surface area contributed by atoms with Crippen molar-refractivity contribution < 1.29 is 22.7 Å². The number of pyridine rings is 1. The third kappa shape index (κ3) is 5.49. The Bertz CT molecular complexity index is 1380. The van der Waals surface area contributed by atoms with Gasteiger partial charge >= 0.3 is 0 Å². The molecule has 1 aromatic heterocycles. The number of sulfonamides is 1. The van der Waals surface area contributed by atoms with E-state index in [-0.39, 0.29) is 41.4 Å². The molecule has 1 aliphatic rings. The average molecular weight is 509 g/mol. The number of aryl methyl sites for hydroxylation is 1. The van der Waals surface area contributed by atoms with Gasteiger partial charge in [-0.3, -0.25) is 13.9 Å². The Morgan fingerprint density at radius 1 is 1.14 bits per heavy atom. The van der Waals surface area contributed by atoms with Crippen molar-refractivity contribution in [2.75, 3.05) is 22.7 Å². The summed E-state index contributed by atoms with van der Waals surface area (Å²) < 4.78 is 34.5. The maximum atomic E-state index is 13.7. The molecule has 0 bridgehead atoms. The maximum absolute atomic E-state index is 13.7. The number of ether oxygens (including phenoxy) is 1. The van der Waals surface area contributed by atoms with Crippen LogP contribution in [0.4, 0.5) is 11.4 Å². The minimum atomic E-state index is -3.99. The summed E-state index contributed by atoms with van der Waals surface area (Å²) in [6.45, 7) is 5.06. The summed E-state index contributed by atoms with van der Waals surface area (Å²) in [4.78, 5) is 28.7. The van der Waals surface area contributed by atoms with Gasteiger partial charge < -0.3 is 15.4 Å². The molecule has 0 radical (unpaired) electrons. The Labute approximate surface area is 210 Å². The van der Waals surface area contributed by atoms with Crippen LogP contribution in [0.25, 0.3) is 0 Å². The molecule has 1 aliphatic heterocycles. The number of anilines is 2. The normalized spacial score (nSPS) is 15.9. The summed E-state index contributed by atoms with van der Waals surface area (Å²) in [5.74, 6) is -0.832. The zero-order chi connectivity index (χ0) is 25.9. The van der Waals surface area contributed by atoms with Crippen molar-refractivity contribution in [3.05, 3.63) is 78.0 Å². The van der Waals surface area contributed by atoms with Gasteiger partial charge in [0, 0.05) is 6.92 Å². The zero-order valence-electron chi connectivity index (χ0n) is 20.3. The predicted molar refractivity (Wildman–Crippen MR) is 137 cm³/mol. The van der Waals surface area contributed by atoms with Crippen LogP contribution in [0.2, 0.25) is 0 Å². The Morgan fingerprint density at radius 3 is 2.58 bits per heavy atom. The molecule has 0 aliphatic carbocycles. The number of nitrogens with one attached hydrogen (secondary N) is 2. The number of hydrogen-bond donors (Lipinski definition) is 2. The quantitative estimate of drug-likeness (QED) is 0.506. The van der Waals surface area contributed by atoms with Crippen LogP contribution in [0.3, 0.4) is 0 Å². The first kappa shape index (κ1) is 25.2. The van der Waals surface area contributed by atoms with Crippen LogP contribution in [0.5, 0.6) is 5.88 Å². The number of carbonyl (C=O) groups excluding carboxylic acids is 2. The highest BCUT2D eigenvalue weighted by Crippen LogP contribution is 2.37. The van der Waals surface area contributed by atoms with Crippen LogP contribution < -0.4 is 19.7 Å². The number of benzene rings is 2. The van der Waals surface area contributed by atoms with Crippen molar-refractivity contribution in [2.24, 2.45) is 0 Å². The molecular weight excluding hydrogens is 480 g/mol. The molecular formula is C26H28N4O5S. The van der Waals surface area contributed by atoms with E-state index >= 15 is 0 Å². The average Bonchev–Trinajstić information content (AvgIpc) is 2.87. The second-order valence-corrected chi connectivity index (χ2v) is 10.6. The van der Waals surface area contributed by atoms with E-state index in [9.17, 15) is 18.0 Å². The molecule has 9 nitrogen and oxygen atoms in total. The van der Waals surface area contributed by atoms with Crippen molar-refractivity contribution in [1.82, 2.24) is 10.3 Å². The fourth-order valence-corrected chi connectivity index (χ4v) is 5.49. The topological polar surface area (TPSA) is 118 Å². The highest BCUT2D eigenvalue weighted by atomic mass is 32.2. The molecule has 0 spiro atoms. The van der Waals surface area contributed by atoms with Crippen LogP contribution in [0.15, 0.2) is 71.8 Å². The SMILES string of the molecule is CC(=O)NC[C@H]1CN(S(=O)(=O)c2cccc(C)c2)c2cc(NC(=O)[C@@H](C)c3ccccc3)cnc2O1. The minimum Gasteiger partial charge on any atom is -0.469 e. The molecule has 36 heavy (non-hydrogen) atoms. The maximum Gasteiger partial charge on any atom is 0.264 e. The highest BCUT2D eigenvalue weighted by molar-refractivity contribution is 7.92. The molecule has 2 heterocycles.